The number of alkyl halides is 2. The van der Waals surface area contributed by atoms with Crippen LogP contribution in [0.1, 0.15) is 36.8 Å². The Hall–Kier alpha value is -0.250. The normalized spacial score (nSPS) is 28.5. The van der Waals surface area contributed by atoms with Crippen molar-refractivity contribution < 1.29 is 13.2 Å². The third-order valence-electron chi connectivity index (χ3n) is 6.04. The standard InChI is InChI=1S/C21H22Br3NO3S/c1-28-21(24)7-6-15(18(22)19(21)23)17-11-20(8-9-20)10-16(17)14-4-2-13(3-5-14)12-29(25,26)27/h2-7,19H,8-12H2,1H3,(H2,25,26,27). The van der Waals surface area contributed by atoms with E-state index in [0.29, 0.717) is 11.0 Å². The van der Waals surface area contributed by atoms with Crippen LogP contribution in [0.15, 0.2) is 52.0 Å². The van der Waals surface area contributed by atoms with Gasteiger partial charge in [0.1, 0.15) is 0 Å². The van der Waals surface area contributed by atoms with Crippen molar-refractivity contribution >= 4 is 63.4 Å². The molecular formula is C21H22Br3NO3S. The van der Waals surface area contributed by atoms with Gasteiger partial charge in [-0.2, -0.15) is 0 Å². The van der Waals surface area contributed by atoms with Gasteiger partial charge in [0.2, 0.25) is 10.0 Å². The van der Waals surface area contributed by atoms with E-state index in [-0.39, 0.29) is 10.6 Å². The number of hydrogen-bond donors (Lipinski definition) is 1. The number of rotatable bonds is 5. The summed E-state index contributed by atoms with van der Waals surface area (Å²) in [5.41, 5.74) is 6.16. The second-order valence-corrected chi connectivity index (χ2v) is 12.8. The Balaban J connectivity index is 1.73. The van der Waals surface area contributed by atoms with Crippen molar-refractivity contribution in [3.8, 4) is 0 Å². The summed E-state index contributed by atoms with van der Waals surface area (Å²) in [5.74, 6) is -0.141. The summed E-state index contributed by atoms with van der Waals surface area (Å²) in [5, 5.41) is 5.18. The molecule has 29 heavy (non-hydrogen) atoms. The topological polar surface area (TPSA) is 69.4 Å². The number of allylic oxidation sites excluding steroid dienone is 4. The molecule has 0 heterocycles. The average Bonchev–Trinajstić information content (AvgIpc) is 3.31. The fraction of sp³-hybridized carbons (Fsp3) is 0.429. The number of ether oxygens (including phenoxy) is 1. The second-order valence-electron chi connectivity index (χ2n) is 8.17. The largest absolute Gasteiger partial charge is 0.362 e. The lowest BCUT2D eigenvalue weighted by molar-refractivity contribution is 0.124. The number of hydrogen-bond acceptors (Lipinski definition) is 3. The third-order valence-corrected chi connectivity index (χ3v) is 11.1. The van der Waals surface area contributed by atoms with E-state index in [4.69, 9.17) is 9.88 Å². The van der Waals surface area contributed by atoms with Gasteiger partial charge in [0.15, 0.2) is 4.51 Å². The van der Waals surface area contributed by atoms with Gasteiger partial charge < -0.3 is 4.74 Å². The number of nitrogens with two attached hydrogens (primary N) is 1. The molecule has 8 heteroatoms. The van der Waals surface area contributed by atoms with Gasteiger partial charge in [-0.05, 0) is 81.0 Å². The molecule has 0 amide bonds. The zero-order chi connectivity index (χ0) is 21.0. The number of methoxy groups -OCH3 is 1. The van der Waals surface area contributed by atoms with Crippen LogP contribution in [0, 0.1) is 5.41 Å². The lowest BCUT2D eigenvalue weighted by Crippen LogP contribution is -2.34. The predicted molar refractivity (Wildman–Crippen MR) is 128 cm³/mol. The van der Waals surface area contributed by atoms with Gasteiger partial charge in [-0.15, -0.1) is 0 Å². The Bertz CT molecular complexity index is 1040. The molecule has 3 aliphatic rings. The fourth-order valence-corrected chi connectivity index (χ4v) is 6.83. The molecule has 0 saturated heterocycles. The van der Waals surface area contributed by atoms with Crippen LogP contribution in [-0.2, 0) is 20.5 Å². The smallest absolute Gasteiger partial charge is 0.213 e. The third kappa shape index (κ3) is 4.39. The summed E-state index contributed by atoms with van der Waals surface area (Å²) < 4.78 is 28.9. The highest BCUT2D eigenvalue weighted by molar-refractivity contribution is 9.15. The highest BCUT2D eigenvalue weighted by Gasteiger charge is 2.49. The highest BCUT2D eigenvalue weighted by Crippen LogP contribution is 2.63. The molecule has 1 aromatic carbocycles. The number of halogens is 3. The van der Waals surface area contributed by atoms with Crippen LogP contribution < -0.4 is 5.14 Å². The van der Waals surface area contributed by atoms with Crippen molar-refractivity contribution in [2.24, 2.45) is 10.6 Å². The Kier molecular flexibility index (Phi) is 5.84. The lowest BCUT2D eigenvalue weighted by Gasteiger charge is -2.32. The first-order chi connectivity index (χ1) is 13.6. The van der Waals surface area contributed by atoms with Crippen LogP contribution >= 0.6 is 47.8 Å². The number of primary sulfonamides is 1. The molecular weight excluding hydrogens is 586 g/mol. The van der Waals surface area contributed by atoms with Crippen LogP contribution in [0.5, 0.6) is 0 Å². The van der Waals surface area contributed by atoms with Crippen LogP contribution in [0.4, 0.5) is 0 Å². The van der Waals surface area contributed by atoms with Gasteiger partial charge in [0.25, 0.3) is 0 Å². The van der Waals surface area contributed by atoms with Crippen molar-refractivity contribution in [2.45, 2.75) is 40.8 Å². The predicted octanol–water partition coefficient (Wildman–Crippen LogP) is 5.52. The van der Waals surface area contributed by atoms with E-state index in [1.54, 1.807) is 7.11 Å². The Labute approximate surface area is 197 Å². The van der Waals surface area contributed by atoms with E-state index in [1.165, 1.54) is 29.6 Å². The zero-order valence-corrected chi connectivity index (χ0v) is 21.5. The average molecular weight is 608 g/mol. The molecule has 1 aromatic rings. The Morgan fingerprint density at radius 1 is 1.17 bits per heavy atom. The Morgan fingerprint density at radius 2 is 1.79 bits per heavy atom. The minimum absolute atomic E-state index is 0.0401. The van der Waals surface area contributed by atoms with Crippen LogP contribution in [0.2, 0.25) is 0 Å². The first kappa shape index (κ1) is 22.0. The SMILES string of the molecule is COC1(Br)C=CC(C2=C(c3ccc(CS(N)(=O)=O)cc3)CC3(CC3)C2)=C(Br)C1Br. The summed E-state index contributed by atoms with van der Waals surface area (Å²) in [6.45, 7) is 0. The van der Waals surface area contributed by atoms with E-state index in [2.05, 4.69) is 53.9 Å². The number of sulfonamides is 1. The highest BCUT2D eigenvalue weighted by atomic mass is 79.9. The van der Waals surface area contributed by atoms with E-state index in [9.17, 15) is 8.42 Å². The summed E-state index contributed by atoms with van der Waals surface area (Å²) in [6, 6.07) is 7.77. The lowest BCUT2D eigenvalue weighted by atomic mass is 9.92. The van der Waals surface area contributed by atoms with Crippen LogP contribution in [-0.4, -0.2) is 24.9 Å². The molecule has 156 valence electrons. The molecule has 4 rings (SSSR count). The van der Waals surface area contributed by atoms with Crippen molar-refractivity contribution in [1.82, 2.24) is 0 Å². The molecule has 0 bridgehead atoms. The van der Waals surface area contributed by atoms with Crippen molar-refractivity contribution in [2.75, 3.05) is 7.11 Å². The summed E-state index contributed by atoms with van der Waals surface area (Å²) in [7, 11) is -1.85. The van der Waals surface area contributed by atoms with Gasteiger partial charge in [0.05, 0.1) is 10.6 Å². The fourth-order valence-electron chi connectivity index (χ4n) is 4.21. The summed E-state index contributed by atoms with van der Waals surface area (Å²) >= 11 is 11.2. The zero-order valence-electron chi connectivity index (χ0n) is 15.9. The van der Waals surface area contributed by atoms with Gasteiger partial charge in [-0.1, -0.05) is 62.2 Å². The van der Waals surface area contributed by atoms with Crippen LogP contribution in [0.25, 0.3) is 5.57 Å². The maximum absolute atomic E-state index is 11.4. The molecule has 2 atom stereocenters. The van der Waals surface area contributed by atoms with E-state index in [1.807, 2.05) is 30.3 Å². The van der Waals surface area contributed by atoms with Crippen molar-refractivity contribution in [1.29, 1.82) is 0 Å². The molecule has 2 unspecified atom stereocenters. The maximum Gasteiger partial charge on any atom is 0.213 e. The molecule has 4 nitrogen and oxygen atoms in total. The van der Waals surface area contributed by atoms with E-state index in [0.717, 1.165) is 22.9 Å². The van der Waals surface area contributed by atoms with E-state index >= 15 is 0 Å². The molecule has 2 N–H and O–H groups in total. The molecule has 3 aliphatic carbocycles. The van der Waals surface area contributed by atoms with Gasteiger partial charge in [0, 0.05) is 11.6 Å². The minimum Gasteiger partial charge on any atom is -0.362 e. The van der Waals surface area contributed by atoms with Crippen LogP contribution in [0.3, 0.4) is 0 Å². The minimum atomic E-state index is -3.53. The maximum atomic E-state index is 11.4. The molecule has 0 aromatic heterocycles. The first-order valence-corrected chi connectivity index (χ1v) is 13.6. The van der Waals surface area contributed by atoms with Gasteiger partial charge >= 0.3 is 0 Å². The summed E-state index contributed by atoms with van der Waals surface area (Å²) in [4.78, 5) is -0.0401. The molecule has 1 saturated carbocycles. The molecule has 0 radical (unpaired) electrons. The van der Waals surface area contributed by atoms with Gasteiger partial charge in [-0.25, -0.2) is 13.6 Å². The van der Waals surface area contributed by atoms with Crippen molar-refractivity contribution in [3.05, 3.63) is 63.2 Å². The summed E-state index contributed by atoms with van der Waals surface area (Å²) in [6.07, 6.45) is 8.83. The first-order valence-electron chi connectivity index (χ1n) is 9.35. The second kappa shape index (κ2) is 7.71. The monoisotopic (exact) mass is 605 g/mol. The van der Waals surface area contributed by atoms with Crippen molar-refractivity contribution in [3.63, 3.8) is 0 Å². The molecule has 0 aliphatic heterocycles. The molecule has 1 fully saturated rings. The van der Waals surface area contributed by atoms with E-state index < -0.39 is 14.5 Å². The molecule has 1 spiro atoms. The Morgan fingerprint density at radius 3 is 2.34 bits per heavy atom. The number of benzene rings is 1. The van der Waals surface area contributed by atoms with Gasteiger partial charge in [-0.3, -0.25) is 0 Å². The quantitative estimate of drug-likeness (QED) is 0.448.